The molecule has 1 fully saturated rings. The maximum absolute atomic E-state index is 11.8. The van der Waals surface area contributed by atoms with Gasteiger partial charge in [-0.2, -0.15) is 0 Å². The maximum Gasteiger partial charge on any atom is 0.407 e. The third kappa shape index (κ3) is 8.74. The summed E-state index contributed by atoms with van der Waals surface area (Å²) in [7, 11) is 0. The van der Waals surface area contributed by atoms with Crippen LogP contribution in [-0.4, -0.2) is 53.6 Å². The van der Waals surface area contributed by atoms with Crippen LogP contribution in [0.2, 0.25) is 0 Å². The van der Waals surface area contributed by atoms with E-state index in [0.717, 1.165) is 37.4 Å². The minimum atomic E-state index is -0.679. The van der Waals surface area contributed by atoms with Crippen LogP contribution >= 0.6 is 11.6 Å². The first-order valence-corrected chi connectivity index (χ1v) is 11.5. The molecular formula is C23H38ClN5O3. The lowest BCUT2D eigenvalue weighted by Gasteiger charge is -2.39. The molecule has 0 unspecified atom stereocenters. The third-order valence-corrected chi connectivity index (χ3v) is 5.72. The average Bonchev–Trinajstić information content (AvgIpc) is 2.69. The fourth-order valence-electron chi connectivity index (χ4n) is 3.59. The van der Waals surface area contributed by atoms with E-state index in [0.29, 0.717) is 18.5 Å². The number of ether oxygens (including phenoxy) is 1. The molecule has 0 radical (unpaired) electrons. The number of piperidine rings is 1. The van der Waals surface area contributed by atoms with Crippen LogP contribution in [-0.2, 0) is 4.74 Å². The first-order valence-electron chi connectivity index (χ1n) is 11.1. The number of hydrogen-bond acceptors (Lipinski definition) is 7. The van der Waals surface area contributed by atoms with Gasteiger partial charge in [-0.15, -0.1) is 0 Å². The molecule has 0 aromatic carbocycles. The summed E-state index contributed by atoms with van der Waals surface area (Å²) in [4.78, 5) is 18.6. The van der Waals surface area contributed by atoms with Crippen molar-refractivity contribution in [3.8, 4) is 0 Å². The largest absolute Gasteiger partial charge is 0.444 e. The van der Waals surface area contributed by atoms with Crippen molar-refractivity contribution >= 4 is 29.2 Å². The van der Waals surface area contributed by atoms with Crippen LogP contribution < -0.4 is 21.3 Å². The van der Waals surface area contributed by atoms with Crippen LogP contribution in [0.1, 0.15) is 53.9 Å². The van der Waals surface area contributed by atoms with Crippen LogP contribution in [0.3, 0.4) is 0 Å². The normalized spacial score (nSPS) is 18.1. The molecular weight excluding hydrogens is 430 g/mol. The lowest BCUT2D eigenvalue weighted by molar-refractivity contribution is 0.0110. The summed E-state index contributed by atoms with van der Waals surface area (Å²) < 4.78 is 5.23. The van der Waals surface area contributed by atoms with Crippen LogP contribution in [0, 0.1) is 5.92 Å². The van der Waals surface area contributed by atoms with E-state index in [-0.39, 0.29) is 17.6 Å². The number of rotatable bonds is 8. The molecule has 1 aliphatic rings. The second-order valence-electron chi connectivity index (χ2n) is 9.82. The van der Waals surface area contributed by atoms with Crippen molar-refractivity contribution in [1.29, 1.82) is 0 Å². The molecule has 1 aliphatic heterocycles. The zero-order valence-electron chi connectivity index (χ0n) is 19.9. The van der Waals surface area contributed by atoms with Gasteiger partial charge in [0.05, 0.1) is 17.5 Å². The van der Waals surface area contributed by atoms with Gasteiger partial charge in [0, 0.05) is 32.1 Å². The third-order valence-electron chi connectivity index (χ3n) is 5.45. The van der Waals surface area contributed by atoms with Crippen molar-refractivity contribution in [1.82, 2.24) is 10.3 Å². The molecule has 2 heterocycles. The highest BCUT2D eigenvalue weighted by molar-refractivity contribution is 6.29. The Balaban J connectivity index is 1.83. The van der Waals surface area contributed by atoms with E-state index < -0.39 is 17.3 Å². The SMILES string of the molecule is CC(C)(C)OC(=O)NC/C(CCNc1ccc(N2CCC[C@@H](C(C)(C)O)C2)cn1)=C(/N)Cl. The van der Waals surface area contributed by atoms with Crippen LogP contribution in [0.4, 0.5) is 16.3 Å². The molecule has 0 bridgehead atoms. The fourth-order valence-corrected chi connectivity index (χ4v) is 3.75. The molecule has 1 saturated heterocycles. The van der Waals surface area contributed by atoms with Crippen molar-refractivity contribution in [2.45, 2.75) is 65.1 Å². The molecule has 0 saturated carbocycles. The summed E-state index contributed by atoms with van der Waals surface area (Å²) in [6, 6.07) is 3.98. The number of nitrogens with two attached hydrogens (primary N) is 1. The first kappa shape index (κ1) is 26.1. The van der Waals surface area contributed by atoms with Gasteiger partial charge >= 0.3 is 6.09 Å². The summed E-state index contributed by atoms with van der Waals surface area (Å²) in [6.07, 6.45) is 3.98. The Labute approximate surface area is 196 Å². The Kier molecular flexibility index (Phi) is 9.04. The molecule has 9 heteroatoms. The molecule has 1 aromatic rings. The molecule has 5 N–H and O–H groups in total. The van der Waals surface area contributed by atoms with Gasteiger partial charge < -0.3 is 31.1 Å². The van der Waals surface area contributed by atoms with Gasteiger partial charge in [0.25, 0.3) is 0 Å². The van der Waals surface area contributed by atoms with Crippen molar-refractivity contribution in [3.63, 3.8) is 0 Å². The lowest BCUT2D eigenvalue weighted by atomic mass is 9.84. The number of carbonyl (C=O) groups excluding carboxylic acids is 1. The van der Waals surface area contributed by atoms with E-state index in [1.54, 1.807) is 20.8 Å². The summed E-state index contributed by atoms with van der Waals surface area (Å²) in [6.45, 7) is 11.7. The zero-order valence-corrected chi connectivity index (χ0v) is 20.6. The van der Waals surface area contributed by atoms with Crippen molar-refractivity contribution in [2.75, 3.05) is 36.4 Å². The number of aromatic nitrogens is 1. The highest BCUT2D eigenvalue weighted by atomic mass is 35.5. The Morgan fingerprint density at radius 3 is 2.62 bits per heavy atom. The number of alkyl carbamates (subject to hydrolysis) is 1. The number of amides is 1. The molecule has 180 valence electrons. The molecule has 1 atom stereocenters. The molecule has 1 aromatic heterocycles. The molecule has 0 spiro atoms. The van der Waals surface area contributed by atoms with Gasteiger partial charge in [-0.3, -0.25) is 0 Å². The number of nitrogens with one attached hydrogen (secondary N) is 2. The Hall–Kier alpha value is -2.19. The smallest absolute Gasteiger partial charge is 0.407 e. The summed E-state index contributed by atoms with van der Waals surface area (Å²) in [5.74, 6) is 0.993. The number of carbonyl (C=O) groups is 1. The summed E-state index contributed by atoms with van der Waals surface area (Å²) >= 11 is 5.99. The van der Waals surface area contributed by atoms with Gasteiger partial charge in [-0.1, -0.05) is 11.6 Å². The second-order valence-corrected chi connectivity index (χ2v) is 10.2. The van der Waals surface area contributed by atoms with E-state index >= 15 is 0 Å². The van der Waals surface area contributed by atoms with Crippen LogP contribution in [0.15, 0.2) is 29.1 Å². The maximum atomic E-state index is 11.8. The highest BCUT2D eigenvalue weighted by Crippen LogP contribution is 2.29. The lowest BCUT2D eigenvalue weighted by Crippen LogP contribution is -2.44. The van der Waals surface area contributed by atoms with Crippen molar-refractivity contribution in [2.24, 2.45) is 11.7 Å². The van der Waals surface area contributed by atoms with E-state index in [2.05, 4.69) is 20.5 Å². The van der Waals surface area contributed by atoms with E-state index in [4.69, 9.17) is 22.1 Å². The molecule has 32 heavy (non-hydrogen) atoms. The van der Waals surface area contributed by atoms with E-state index in [1.807, 2.05) is 32.2 Å². The number of aliphatic hydroxyl groups is 1. The average molecular weight is 468 g/mol. The van der Waals surface area contributed by atoms with E-state index in [1.165, 1.54) is 0 Å². The van der Waals surface area contributed by atoms with Crippen LogP contribution in [0.25, 0.3) is 0 Å². The minimum Gasteiger partial charge on any atom is -0.444 e. The van der Waals surface area contributed by atoms with E-state index in [9.17, 15) is 9.90 Å². The number of nitrogens with zero attached hydrogens (tertiary/aromatic N) is 2. The highest BCUT2D eigenvalue weighted by Gasteiger charge is 2.31. The predicted octanol–water partition coefficient (Wildman–Crippen LogP) is 3.80. The second kappa shape index (κ2) is 11.1. The fraction of sp³-hybridized carbons (Fsp3) is 0.652. The standard InChI is InChI=1S/C23H38ClN5O3/c1-22(2,3)32-21(30)28-13-16(20(24)25)10-11-26-19-9-8-18(14-27-19)29-12-6-7-17(15-29)23(4,5)31/h8-9,14,17,31H,6-7,10-13,15,25H2,1-5H3,(H,26,27)(H,28,30)/b20-16+/t17-/m1/s1. The monoisotopic (exact) mass is 467 g/mol. The Morgan fingerprint density at radius 1 is 1.34 bits per heavy atom. The number of halogens is 1. The summed E-state index contributed by atoms with van der Waals surface area (Å²) in [5, 5.41) is 16.4. The zero-order chi connectivity index (χ0) is 23.9. The number of hydrogen-bond donors (Lipinski definition) is 4. The van der Waals surface area contributed by atoms with Gasteiger partial charge in [0.1, 0.15) is 16.6 Å². The van der Waals surface area contributed by atoms with Gasteiger partial charge in [-0.05, 0) is 71.6 Å². The van der Waals surface area contributed by atoms with Gasteiger partial charge in [0.2, 0.25) is 0 Å². The van der Waals surface area contributed by atoms with Gasteiger partial charge in [0.15, 0.2) is 0 Å². The molecule has 2 rings (SSSR count). The van der Waals surface area contributed by atoms with Gasteiger partial charge in [-0.25, -0.2) is 9.78 Å². The van der Waals surface area contributed by atoms with Crippen LogP contribution in [0.5, 0.6) is 0 Å². The molecule has 1 amide bonds. The summed E-state index contributed by atoms with van der Waals surface area (Å²) in [5.41, 5.74) is 6.28. The Bertz CT molecular complexity index is 780. The molecule has 0 aliphatic carbocycles. The predicted molar refractivity (Wildman–Crippen MR) is 130 cm³/mol. The quantitative estimate of drug-likeness (QED) is 0.430. The van der Waals surface area contributed by atoms with Crippen molar-refractivity contribution in [3.05, 3.63) is 29.1 Å². The number of pyridine rings is 1. The Morgan fingerprint density at radius 2 is 2.06 bits per heavy atom. The first-order chi connectivity index (χ1) is 14.8. The number of anilines is 2. The minimum absolute atomic E-state index is 0.164. The molecule has 8 nitrogen and oxygen atoms in total. The topological polar surface area (TPSA) is 113 Å². The van der Waals surface area contributed by atoms with Crippen molar-refractivity contribution < 1.29 is 14.6 Å².